The molecule has 0 bridgehead atoms. The monoisotopic (exact) mass is 327 g/mol. The molecular weight excluding hydrogens is 314 g/mol. The summed E-state index contributed by atoms with van der Waals surface area (Å²) in [5.41, 5.74) is 6.93. The topological polar surface area (TPSA) is 52.3 Å². The number of Topliss-reactive ketones (excluding diaryl/α,β-unsaturated/α-hetero) is 1. The Kier molecular flexibility index (Phi) is 3.47. The highest BCUT2D eigenvalue weighted by Crippen LogP contribution is 2.41. The standard InChI is InChI=1S/C13H14BrNO2S/c1-13(2)5-7-8(14)3-4-10(17-12(15)18)11(7)9(16)6-13/h3-4H,5-6H2,1-2H3,(H2,15,18). The van der Waals surface area contributed by atoms with Crippen LogP contribution in [0.4, 0.5) is 0 Å². The number of carbonyl (C=O) groups excluding carboxylic acids is 1. The number of rotatable bonds is 1. The number of carbonyl (C=O) groups is 1. The maximum absolute atomic E-state index is 12.3. The minimum atomic E-state index is -0.0721. The quantitative estimate of drug-likeness (QED) is 0.804. The fraction of sp³-hybridized carbons (Fsp3) is 0.385. The van der Waals surface area contributed by atoms with Crippen LogP contribution < -0.4 is 10.5 Å². The molecule has 0 aliphatic heterocycles. The van der Waals surface area contributed by atoms with Crippen LogP contribution in [-0.2, 0) is 6.42 Å². The number of ketones is 1. The van der Waals surface area contributed by atoms with Crippen LogP contribution in [0.25, 0.3) is 0 Å². The van der Waals surface area contributed by atoms with Crippen molar-refractivity contribution in [2.45, 2.75) is 26.7 Å². The van der Waals surface area contributed by atoms with E-state index in [2.05, 4.69) is 29.8 Å². The van der Waals surface area contributed by atoms with Gasteiger partial charge in [0.2, 0.25) is 0 Å². The maximum atomic E-state index is 12.3. The molecule has 2 rings (SSSR count). The zero-order valence-corrected chi connectivity index (χ0v) is 12.7. The van der Waals surface area contributed by atoms with Crippen LogP contribution in [0.2, 0.25) is 0 Å². The van der Waals surface area contributed by atoms with Crippen molar-refractivity contribution < 1.29 is 9.53 Å². The summed E-state index contributed by atoms with van der Waals surface area (Å²) in [7, 11) is 0. The van der Waals surface area contributed by atoms with Crippen LogP contribution in [0.3, 0.4) is 0 Å². The van der Waals surface area contributed by atoms with Crippen LogP contribution in [0.5, 0.6) is 5.75 Å². The van der Waals surface area contributed by atoms with Gasteiger partial charge in [-0.3, -0.25) is 4.79 Å². The van der Waals surface area contributed by atoms with Gasteiger partial charge < -0.3 is 10.5 Å². The van der Waals surface area contributed by atoms with E-state index in [-0.39, 0.29) is 16.4 Å². The number of fused-ring (bicyclic) bond motifs is 1. The van der Waals surface area contributed by atoms with Crippen LogP contribution in [0.1, 0.15) is 36.2 Å². The summed E-state index contributed by atoms with van der Waals surface area (Å²) in [5, 5.41) is -0.0721. The Morgan fingerprint density at radius 3 is 2.72 bits per heavy atom. The Labute approximate surface area is 120 Å². The molecule has 0 unspecified atom stereocenters. The van der Waals surface area contributed by atoms with Gasteiger partial charge in [0.15, 0.2) is 5.78 Å². The Morgan fingerprint density at radius 1 is 1.44 bits per heavy atom. The van der Waals surface area contributed by atoms with Gasteiger partial charge in [-0.1, -0.05) is 29.8 Å². The minimum Gasteiger partial charge on any atom is -0.431 e. The molecule has 0 aromatic heterocycles. The number of ether oxygens (including phenoxy) is 1. The van der Waals surface area contributed by atoms with Crippen LogP contribution in [0, 0.1) is 5.41 Å². The molecule has 3 nitrogen and oxygen atoms in total. The fourth-order valence-electron chi connectivity index (χ4n) is 2.34. The van der Waals surface area contributed by atoms with E-state index < -0.39 is 0 Å². The predicted molar refractivity (Wildman–Crippen MR) is 78.0 cm³/mol. The lowest BCUT2D eigenvalue weighted by molar-refractivity contribution is 0.0910. The Balaban J connectivity index is 2.57. The Hall–Kier alpha value is -0.940. The smallest absolute Gasteiger partial charge is 0.259 e. The summed E-state index contributed by atoms with van der Waals surface area (Å²) >= 11 is 8.22. The van der Waals surface area contributed by atoms with Crippen molar-refractivity contribution in [2.75, 3.05) is 0 Å². The minimum absolute atomic E-state index is 0.0333. The molecule has 0 radical (unpaired) electrons. The molecule has 1 aromatic carbocycles. The Bertz CT molecular complexity index is 540. The molecule has 0 saturated heterocycles. The van der Waals surface area contributed by atoms with E-state index in [1.54, 1.807) is 6.07 Å². The molecule has 5 heteroatoms. The molecule has 0 heterocycles. The summed E-state index contributed by atoms with van der Waals surface area (Å²) in [6.07, 6.45) is 1.33. The molecule has 0 amide bonds. The Morgan fingerprint density at radius 2 is 2.11 bits per heavy atom. The second kappa shape index (κ2) is 4.63. The van der Waals surface area contributed by atoms with Crippen molar-refractivity contribution in [3.63, 3.8) is 0 Å². The summed E-state index contributed by atoms with van der Waals surface area (Å²) in [6.45, 7) is 4.17. The van der Waals surface area contributed by atoms with Gasteiger partial charge in [0, 0.05) is 10.9 Å². The third-order valence-electron chi connectivity index (χ3n) is 3.00. The highest BCUT2D eigenvalue weighted by Gasteiger charge is 2.34. The SMILES string of the molecule is CC1(C)CC(=O)c2c(OC(N)=S)ccc(Br)c2C1. The molecule has 1 aromatic rings. The molecule has 0 atom stereocenters. The number of halogens is 1. The van der Waals surface area contributed by atoms with Crippen LogP contribution in [0.15, 0.2) is 16.6 Å². The summed E-state index contributed by atoms with van der Waals surface area (Å²) in [6, 6.07) is 3.58. The van der Waals surface area contributed by atoms with E-state index in [1.807, 2.05) is 6.07 Å². The third kappa shape index (κ3) is 2.57. The second-order valence-corrected chi connectivity index (χ2v) is 6.52. The molecule has 96 valence electrons. The van der Waals surface area contributed by atoms with Gasteiger partial charge in [-0.05, 0) is 41.7 Å². The molecule has 1 aliphatic rings. The molecule has 0 spiro atoms. The normalized spacial score (nSPS) is 17.2. The van der Waals surface area contributed by atoms with Crippen molar-refractivity contribution >= 4 is 39.1 Å². The van der Waals surface area contributed by atoms with Gasteiger partial charge in [0.1, 0.15) is 5.75 Å². The molecule has 18 heavy (non-hydrogen) atoms. The van der Waals surface area contributed by atoms with Crippen molar-refractivity contribution in [3.8, 4) is 5.75 Å². The van der Waals surface area contributed by atoms with Gasteiger partial charge in [0.25, 0.3) is 5.17 Å². The zero-order chi connectivity index (χ0) is 13.5. The fourth-order valence-corrected chi connectivity index (χ4v) is 2.90. The van der Waals surface area contributed by atoms with Gasteiger partial charge in [0.05, 0.1) is 5.56 Å². The highest BCUT2D eigenvalue weighted by molar-refractivity contribution is 9.10. The number of benzene rings is 1. The van der Waals surface area contributed by atoms with E-state index in [0.717, 1.165) is 16.5 Å². The summed E-state index contributed by atoms with van der Waals surface area (Å²) in [4.78, 5) is 12.3. The van der Waals surface area contributed by atoms with E-state index in [0.29, 0.717) is 17.7 Å². The summed E-state index contributed by atoms with van der Waals surface area (Å²) < 4.78 is 6.20. The van der Waals surface area contributed by atoms with Gasteiger partial charge in [-0.15, -0.1) is 0 Å². The molecule has 0 fully saturated rings. The number of thiocarbonyl (C=S) groups is 1. The first-order valence-corrected chi connectivity index (χ1v) is 6.82. The maximum Gasteiger partial charge on any atom is 0.259 e. The average Bonchev–Trinajstić information content (AvgIpc) is 2.20. The lowest BCUT2D eigenvalue weighted by atomic mass is 9.73. The lowest BCUT2D eigenvalue weighted by Gasteiger charge is -2.31. The number of hydrogen-bond donors (Lipinski definition) is 1. The number of nitrogens with two attached hydrogens (primary N) is 1. The van der Waals surface area contributed by atoms with Crippen LogP contribution >= 0.6 is 28.1 Å². The summed E-state index contributed by atoms with van der Waals surface area (Å²) in [5.74, 6) is 0.537. The lowest BCUT2D eigenvalue weighted by Crippen LogP contribution is -2.28. The molecule has 2 N–H and O–H groups in total. The van der Waals surface area contributed by atoms with E-state index in [9.17, 15) is 4.79 Å². The largest absolute Gasteiger partial charge is 0.431 e. The third-order valence-corrected chi connectivity index (χ3v) is 3.83. The van der Waals surface area contributed by atoms with Crippen molar-refractivity contribution in [3.05, 3.63) is 27.7 Å². The average molecular weight is 328 g/mol. The van der Waals surface area contributed by atoms with E-state index in [4.69, 9.17) is 22.7 Å². The first kappa shape index (κ1) is 13.5. The van der Waals surface area contributed by atoms with E-state index in [1.165, 1.54) is 0 Å². The number of hydrogen-bond acceptors (Lipinski definition) is 3. The van der Waals surface area contributed by atoms with E-state index >= 15 is 0 Å². The van der Waals surface area contributed by atoms with Gasteiger partial charge >= 0.3 is 0 Å². The molecule has 0 saturated carbocycles. The van der Waals surface area contributed by atoms with Gasteiger partial charge in [-0.25, -0.2) is 0 Å². The second-order valence-electron chi connectivity index (χ2n) is 5.26. The van der Waals surface area contributed by atoms with Crippen molar-refractivity contribution in [1.82, 2.24) is 0 Å². The predicted octanol–water partition coefficient (Wildman–Crippen LogP) is 3.23. The highest BCUT2D eigenvalue weighted by atomic mass is 79.9. The zero-order valence-electron chi connectivity index (χ0n) is 10.2. The molecular formula is C13H14BrNO2S. The van der Waals surface area contributed by atoms with Crippen molar-refractivity contribution in [1.29, 1.82) is 0 Å². The van der Waals surface area contributed by atoms with Crippen LogP contribution in [-0.4, -0.2) is 11.0 Å². The van der Waals surface area contributed by atoms with Gasteiger partial charge in [-0.2, -0.15) is 0 Å². The molecule has 1 aliphatic carbocycles. The van der Waals surface area contributed by atoms with Crippen molar-refractivity contribution in [2.24, 2.45) is 11.1 Å². The first-order valence-electron chi connectivity index (χ1n) is 5.62. The first-order chi connectivity index (χ1) is 8.30.